The van der Waals surface area contributed by atoms with Crippen LogP contribution in [-0.2, 0) is 18.8 Å². The van der Waals surface area contributed by atoms with Gasteiger partial charge >= 0.3 is 6.18 Å². The molecule has 8 heteroatoms. The zero-order chi connectivity index (χ0) is 19.1. The zero-order valence-corrected chi connectivity index (χ0v) is 14.4. The van der Waals surface area contributed by atoms with Gasteiger partial charge in [-0.15, -0.1) is 0 Å². The van der Waals surface area contributed by atoms with Crippen molar-refractivity contribution in [3.05, 3.63) is 59.5 Å². The van der Waals surface area contributed by atoms with Gasteiger partial charge in [-0.2, -0.15) is 13.2 Å². The fraction of sp³-hybridized carbons (Fsp3) is 0.278. The molecule has 0 aliphatic carbocycles. The number of nitrogens with zero attached hydrogens (tertiary/aromatic N) is 3. The van der Waals surface area contributed by atoms with E-state index in [2.05, 4.69) is 15.3 Å². The van der Waals surface area contributed by atoms with Crippen LogP contribution in [0.25, 0.3) is 11.2 Å². The molecule has 26 heavy (non-hydrogen) atoms. The molecule has 0 aliphatic rings. The Hall–Kier alpha value is -2.90. The molecule has 0 unspecified atom stereocenters. The van der Waals surface area contributed by atoms with E-state index in [1.807, 2.05) is 0 Å². The van der Waals surface area contributed by atoms with Crippen molar-refractivity contribution in [2.75, 3.05) is 0 Å². The highest BCUT2D eigenvalue weighted by Crippen LogP contribution is 2.31. The number of amides is 1. The normalized spacial score (nSPS) is 12.4. The second-order valence-electron chi connectivity index (χ2n) is 6.54. The third-order valence-corrected chi connectivity index (χ3v) is 4.20. The summed E-state index contributed by atoms with van der Waals surface area (Å²) < 4.78 is 39.8. The van der Waals surface area contributed by atoms with E-state index in [1.54, 1.807) is 37.9 Å². The summed E-state index contributed by atoms with van der Waals surface area (Å²) in [6.07, 6.45) is -1.31. The summed E-state index contributed by atoms with van der Waals surface area (Å²) in [5.74, 6) is -0.374. The second kappa shape index (κ2) is 6.12. The zero-order valence-electron chi connectivity index (χ0n) is 14.4. The van der Waals surface area contributed by atoms with Crippen LogP contribution in [0, 0.1) is 0 Å². The van der Waals surface area contributed by atoms with Crippen molar-refractivity contribution in [1.29, 1.82) is 0 Å². The first-order valence-electron chi connectivity index (χ1n) is 7.86. The molecule has 0 aliphatic heterocycles. The van der Waals surface area contributed by atoms with Crippen molar-refractivity contribution in [2.24, 2.45) is 7.05 Å². The Bertz CT molecular complexity index is 959. The number of alkyl halides is 3. The summed E-state index contributed by atoms with van der Waals surface area (Å²) in [5, 5.41) is 2.85. The first-order valence-corrected chi connectivity index (χ1v) is 7.86. The number of hydrogen-bond donors (Lipinski definition) is 1. The fourth-order valence-corrected chi connectivity index (χ4v) is 2.71. The van der Waals surface area contributed by atoms with Crippen LogP contribution in [-0.4, -0.2) is 20.4 Å². The van der Waals surface area contributed by atoms with Crippen LogP contribution in [0.2, 0.25) is 0 Å². The first-order chi connectivity index (χ1) is 12.1. The molecular weight excluding hydrogens is 345 g/mol. The van der Waals surface area contributed by atoms with Crippen LogP contribution < -0.4 is 5.32 Å². The average molecular weight is 362 g/mol. The number of halogens is 3. The van der Waals surface area contributed by atoms with Gasteiger partial charge in [0.2, 0.25) is 0 Å². The van der Waals surface area contributed by atoms with Crippen LogP contribution >= 0.6 is 0 Å². The van der Waals surface area contributed by atoms with Crippen LogP contribution in [0.5, 0.6) is 0 Å². The second-order valence-corrected chi connectivity index (χ2v) is 6.54. The Morgan fingerprint density at radius 1 is 1.04 bits per heavy atom. The quantitative estimate of drug-likeness (QED) is 0.774. The summed E-state index contributed by atoms with van der Waals surface area (Å²) >= 11 is 0. The minimum atomic E-state index is -4.40. The molecule has 0 fully saturated rings. The number of rotatable bonds is 3. The van der Waals surface area contributed by atoms with Crippen molar-refractivity contribution < 1.29 is 18.0 Å². The van der Waals surface area contributed by atoms with Crippen molar-refractivity contribution in [3.63, 3.8) is 0 Å². The highest BCUT2D eigenvalue weighted by atomic mass is 19.4. The monoisotopic (exact) mass is 362 g/mol. The lowest BCUT2D eigenvalue weighted by Crippen LogP contribution is -2.41. The number of fused-ring (bicyclic) bond motifs is 1. The van der Waals surface area contributed by atoms with E-state index in [0.29, 0.717) is 22.3 Å². The standard InChI is InChI=1S/C18H17F3N4O/c1-17(2,11-4-6-12(7-5-11)18(19,20)21)24-16(26)13-8-9-22-15-14(13)23-10-25(15)3/h4-10H,1-3H3,(H,24,26). The van der Waals surface area contributed by atoms with Gasteiger partial charge in [0.1, 0.15) is 5.52 Å². The smallest absolute Gasteiger partial charge is 0.343 e. The minimum absolute atomic E-state index is 0.357. The van der Waals surface area contributed by atoms with Crippen molar-refractivity contribution in [1.82, 2.24) is 19.9 Å². The topological polar surface area (TPSA) is 59.8 Å². The maximum atomic E-state index is 12.7. The highest BCUT2D eigenvalue weighted by molar-refractivity contribution is 6.04. The first kappa shape index (κ1) is 17.9. The minimum Gasteiger partial charge on any atom is -0.343 e. The maximum absolute atomic E-state index is 12.7. The predicted molar refractivity (Wildman–Crippen MR) is 90.4 cm³/mol. The number of aromatic nitrogens is 3. The molecule has 2 heterocycles. The lowest BCUT2D eigenvalue weighted by atomic mass is 9.93. The molecule has 1 aromatic carbocycles. The lowest BCUT2D eigenvalue weighted by molar-refractivity contribution is -0.137. The molecule has 0 saturated heterocycles. The number of benzene rings is 1. The van der Waals surface area contributed by atoms with E-state index in [9.17, 15) is 18.0 Å². The van der Waals surface area contributed by atoms with Crippen LogP contribution in [0.3, 0.4) is 0 Å². The van der Waals surface area contributed by atoms with Gasteiger partial charge < -0.3 is 9.88 Å². The van der Waals surface area contributed by atoms with Crippen LogP contribution in [0.15, 0.2) is 42.9 Å². The van der Waals surface area contributed by atoms with Gasteiger partial charge in [-0.1, -0.05) is 12.1 Å². The molecule has 0 saturated carbocycles. The van der Waals surface area contributed by atoms with Gasteiger partial charge in [0.05, 0.1) is 23.0 Å². The van der Waals surface area contributed by atoms with E-state index in [4.69, 9.17) is 0 Å². The third kappa shape index (κ3) is 3.26. The lowest BCUT2D eigenvalue weighted by Gasteiger charge is -2.27. The number of nitrogens with one attached hydrogen (secondary N) is 1. The fourth-order valence-electron chi connectivity index (χ4n) is 2.71. The molecule has 0 bridgehead atoms. The molecule has 2 aromatic heterocycles. The Morgan fingerprint density at radius 2 is 1.65 bits per heavy atom. The van der Waals surface area contributed by atoms with Gasteiger partial charge in [-0.3, -0.25) is 4.79 Å². The molecule has 3 rings (SSSR count). The van der Waals surface area contributed by atoms with Crippen LogP contribution in [0.4, 0.5) is 13.2 Å². The Morgan fingerprint density at radius 3 is 2.27 bits per heavy atom. The van der Waals surface area contributed by atoms with Crippen molar-refractivity contribution in [2.45, 2.75) is 25.6 Å². The predicted octanol–water partition coefficient (Wildman–Crippen LogP) is 3.65. The molecule has 3 aromatic rings. The molecular formula is C18H17F3N4O. The van der Waals surface area contributed by atoms with E-state index in [-0.39, 0.29) is 5.91 Å². The molecule has 1 N–H and O–H groups in total. The number of hydrogen-bond acceptors (Lipinski definition) is 3. The summed E-state index contributed by atoms with van der Waals surface area (Å²) in [6.45, 7) is 3.45. The Balaban J connectivity index is 1.87. The molecule has 0 radical (unpaired) electrons. The molecule has 0 atom stereocenters. The van der Waals surface area contributed by atoms with E-state index in [0.717, 1.165) is 12.1 Å². The highest BCUT2D eigenvalue weighted by Gasteiger charge is 2.31. The van der Waals surface area contributed by atoms with Gasteiger partial charge in [-0.05, 0) is 37.6 Å². The molecule has 5 nitrogen and oxygen atoms in total. The van der Waals surface area contributed by atoms with Crippen LogP contribution in [0.1, 0.15) is 35.3 Å². The number of carbonyl (C=O) groups excluding carboxylic acids is 1. The average Bonchev–Trinajstić information content (AvgIpc) is 2.95. The van der Waals surface area contributed by atoms with Gasteiger partial charge in [0, 0.05) is 13.2 Å². The summed E-state index contributed by atoms with van der Waals surface area (Å²) in [7, 11) is 1.77. The number of aryl methyl sites for hydroxylation is 1. The van der Waals surface area contributed by atoms with Crippen molar-refractivity contribution >= 4 is 17.1 Å². The van der Waals surface area contributed by atoms with E-state index >= 15 is 0 Å². The largest absolute Gasteiger partial charge is 0.416 e. The number of imidazole rings is 1. The summed E-state index contributed by atoms with van der Waals surface area (Å²) in [4.78, 5) is 21.1. The third-order valence-electron chi connectivity index (χ3n) is 4.20. The van der Waals surface area contributed by atoms with E-state index < -0.39 is 17.3 Å². The van der Waals surface area contributed by atoms with Gasteiger partial charge in [0.25, 0.3) is 5.91 Å². The van der Waals surface area contributed by atoms with Crippen molar-refractivity contribution in [3.8, 4) is 0 Å². The maximum Gasteiger partial charge on any atom is 0.416 e. The Kier molecular flexibility index (Phi) is 4.21. The Labute approximate surface area is 147 Å². The van der Waals surface area contributed by atoms with Gasteiger partial charge in [0.15, 0.2) is 5.65 Å². The summed E-state index contributed by atoms with van der Waals surface area (Å²) in [6, 6.07) is 6.31. The number of pyridine rings is 1. The molecule has 136 valence electrons. The SMILES string of the molecule is Cn1cnc2c(C(=O)NC(C)(C)c3ccc(C(F)(F)F)cc3)ccnc21. The summed E-state index contributed by atoms with van der Waals surface area (Å²) in [5.41, 5.74) is 0.361. The molecule has 0 spiro atoms. The molecule has 1 amide bonds. The number of carbonyl (C=O) groups is 1. The van der Waals surface area contributed by atoms with E-state index in [1.165, 1.54) is 18.3 Å². The van der Waals surface area contributed by atoms with Gasteiger partial charge in [-0.25, -0.2) is 9.97 Å².